The Labute approximate surface area is 150 Å². The van der Waals surface area contributed by atoms with E-state index < -0.39 is 23.6 Å². The van der Waals surface area contributed by atoms with Crippen LogP contribution < -0.4 is 5.32 Å². The SMILES string of the molecule is O=C(NCc1cccc(C(F)(F)F)c1)c1cc(Cl)c(C(=O)O)c(Cl)c1. The summed E-state index contributed by atoms with van der Waals surface area (Å²) >= 11 is 11.6. The molecule has 0 spiro atoms. The van der Waals surface area contributed by atoms with Crippen LogP contribution in [0.3, 0.4) is 0 Å². The highest BCUT2D eigenvalue weighted by Gasteiger charge is 2.30. The summed E-state index contributed by atoms with van der Waals surface area (Å²) in [5, 5.41) is 10.9. The molecule has 4 nitrogen and oxygen atoms in total. The van der Waals surface area contributed by atoms with Crippen molar-refractivity contribution in [3.8, 4) is 0 Å². The largest absolute Gasteiger partial charge is 0.478 e. The molecule has 2 rings (SSSR count). The van der Waals surface area contributed by atoms with Gasteiger partial charge in [-0.2, -0.15) is 13.2 Å². The quantitative estimate of drug-likeness (QED) is 0.797. The fraction of sp³-hybridized carbons (Fsp3) is 0.125. The molecule has 132 valence electrons. The summed E-state index contributed by atoms with van der Waals surface area (Å²) in [4.78, 5) is 23.1. The van der Waals surface area contributed by atoms with E-state index in [1.165, 1.54) is 12.1 Å². The van der Waals surface area contributed by atoms with Gasteiger partial charge in [-0.05, 0) is 29.8 Å². The molecule has 2 aromatic rings. The summed E-state index contributed by atoms with van der Waals surface area (Å²) in [6.45, 7) is -0.154. The van der Waals surface area contributed by atoms with Crippen LogP contribution in [0, 0.1) is 0 Å². The van der Waals surface area contributed by atoms with E-state index in [4.69, 9.17) is 28.3 Å². The molecular formula is C16H10Cl2F3NO3. The molecule has 0 radical (unpaired) electrons. The zero-order valence-corrected chi connectivity index (χ0v) is 13.8. The van der Waals surface area contributed by atoms with E-state index >= 15 is 0 Å². The molecule has 0 unspecified atom stereocenters. The van der Waals surface area contributed by atoms with Gasteiger partial charge in [0, 0.05) is 12.1 Å². The average Bonchev–Trinajstić information content (AvgIpc) is 2.51. The fourth-order valence-corrected chi connectivity index (χ4v) is 2.70. The Kier molecular flexibility index (Phi) is 5.59. The maximum absolute atomic E-state index is 12.7. The van der Waals surface area contributed by atoms with Gasteiger partial charge in [0.1, 0.15) is 0 Å². The van der Waals surface area contributed by atoms with Gasteiger partial charge in [0.2, 0.25) is 0 Å². The summed E-state index contributed by atoms with van der Waals surface area (Å²) in [6, 6.07) is 6.77. The first-order valence-corrected chi connectivity index (χ1v) is 7.52. The van der Waals surface area contributed by atoms with E-state index in [0.717, 1.165) is 24.3 Å². The smallest absolute Gasteiger partial charge is 0.416 e. The van der Waals surface area contributed by atoms with Gasteiger partial charge < -0.3 is 10.4 Å². The van der Waals surface area contributed by atoms with Gasteiger partial charge in [0.15, 0.2) is 0 Å². The summed E-state index contributed by atoms with van der Waals surface area (Å²) in [5.74, 6) is -2.00. The number of halogens is 5. The zero-order valence-electron chi connectivity index (χ0n) is 12.3. The minimum atomic E-state index is -4.48. The number of alkyl halides is 3. The van der Waals surface area contributed by atoms with Gasteiger partial charge in [0.05, 0.1) is 21.2 Å². The molecule has 0 bridgehead atoms. The molecular weight excluding hydrogens is 382 g/mol. The van der Waals surface area contributed by atoms with Crippen LogP contribution in [-0.2, 0) is 12.7 Å². The van der Waals surface area contributed by atoms with Crippen LogP contribution in [0.4, 0.5) is 13.2 Å². The molecule has 0 fully saturated rings. The number of carbonyl (C=O) groups excluding carboxylic acids is 1. The van der Waals surface area contributed by atoms with Crippen LogP contribution in [0.25, 0.3) is 0 Å². The highest BCUT2D eigenvalue weighted by atomic mass is 35.5. The van der Waals surface area contributed by atoms with Gasteiger partial charge in [0.25, 0.3) is 5.91 Å². The molecule has 0 heterocycles. The second-order valence-electron chi connectivity index (χ2n) is 5.00. The summed E-state index contributed by atoms with van der Waals surface area (Å²) in [6.07, 6.45) is -4.48. The molecule has 0 saturated heterocycles. The minimum absolute atomic E-state index is 0.00743. The molecule has 0 aliphatic carbocycles. The van der Waals surface area contributed by atoms with Crippen molar-refractivity contribution in [2.45, 2.75) is 12.7 Å². The van der Waals surface area contributed by atoms with E-state index in [2.05, 4.69) is 5.32 Å². The van der Waals surface area contributed by atoms with Crippen LogP contribution in [-0.4, -0.2) is 17.0 Å². The Morgan fingerprint density at radius 2 is 1.68 bits per heavy atom. The van der Waals surface area contributed by atoms with Crippen molar-refractivity contribution in [3.63, 3.8) is 0 Å². The third-order valence-corrected chi connectivity index (χ3v) is 3.82. The lowest BCUT2D eigenvalue weighted by molar-refractivity contribution is -0.137. The van der Waals surface area contributed by atoms with Crippen molar-refractivity contribution in [1.29, 1.82) is 0 Å². The zero-order chi connectivity index (χ0) is 18.8. The number of carbonyl (C=O) groups is 2. The molecule has 1 amide bonds. The van der Waals surface area contributed by atoms with Crippen molar-refractivity contribution >= 4 is 35.1 Å². The Balaban J connectivity index is 2.15. The van der Waals surface area contributed by atoms with E-state index in [-0.39, 0.29) is 33.3 Å². The van der Waals surface area contributed by atoms with Gasteiger partial charge in [-0.15, -0.1) is 0 Å². The summed E-state index contributed by atoms with van der Waals surface area (Å²) in [7, 11) is 0. The topological polar surface area (TPSA) is 66.4 Å². The Bertz CT molecular complexity index is 815. The molecule has 2 aromatic carbocycles. The van der Waals surface area contributed by atoms with Crippen molar-refractivity contribution in [1.82, 2.24) is 5.32 Å². The first-order valence-electron chi connectivity index (χ1n) is 6.76. The van der Waals surface area contributed by atoms with Gasteiger partial charge in [-0.3, -0.25) is 4.79 Å². The molecule has 0 aromatic heterocycles. The molecule has 9 heteroatoms. The van der Waals surface area contributed by atoms with Crippen molar-refractivity contribution < 1.29 is 27.9 Å². The van der Waals surface area contributed by atoms with Crippen molar-refractivity contribution in [2.75, 3.05) is 0 Å². The molecule has 0 atom stereocenters. The molecule has 0 saturated carbocycles. The van der Waals surface area contributed by atoms with Gasteiger partial charge in [-0.25, -0.2) is 4.79 Å². The standard InChI is InChI=1S/C16H10Cl2F3NO3/c17-11-5-9(6-12(18)13(11)15(24)25)14(23)22-7-8-2-1-3-10(4-8)16(19,20)21/h1-6H,7H2,(H,22,23)(H,24,25). The number of amides is 1. The van der Waals surface area contributed by atoms with Gasteiger partial charge in [-0.1, -0.05) is 35.3 Å². The Morgan fingerprint density at radius 1 is 1.08 bits per heavy atom. The van der Waals surface area contributed by atoms with E-state index in [1.54, 1.807) is 0 Å². The first-order chi connectivity index (χ1) is 11.6. The lowest BCUT2D eigenvalue weighted by Gasteiger charge is -2.10. The lowest BCUT2D eigenvalue weighted by atomic mass is 10.1. The number of aromatic carboxylic acids is 1. The Morgan fingerprint density at radius 3 is 2.20 bits per heavy atom. The monoisotopic (exact) mass is 391 g/mol. The highest BCUT2D eigenvalue weighted by molar-refractivity contribution is 6.39. The Hall–Kier alpha value is -2.25. The van der Waals surface area contributed by atoms with Crippen LogP contribution in [0.15, 0.2) is 36.4 Å². The van der Waals surface area contributed by atoms with E-state index in [9.17, 15) is 22.8 Å². The number of benzene rings is 2. The molecule has 25 heavy (non-hydrogen) atoms. The van der Waals surface area contributed by atoms with E-state index in [1.807, 2.05) is 0 Å². The number of carboxylic acids is 1. The normalized spacial score (nSPS) is 11.2. The lowest BCUT2D eigenvalue weighted by Crippen LogP contribution is -2.23. The molecule has 0 aliphatic rings. The maximum Gasteiger partial charge on any atom is 0.416 e. The van der Waals surface area contributed by atoms with Crippen molar-refractivity contribution in [2.24, 2.45) is 0 Å². The number of rotatable bonds is 4. The minimum Gasteiger partial charge on any atom is -0.478 e. The van der Waals surface area contributed by atoms with Crippen molar-refractivity contribution in [3.05, 3.63) is 68.7 Å². The summed E-state index contributed by atoms with van der Waals surface area (Å²) in [5.41, 5.74) is -0.914. The van der Waals surface area contributed by atoms with Crippen LogP contribution in [0.1, 0.15) is 31.8 Å². The number of hydrogen-bond donors (Lipinski definition) is 2. The van der Waals surface area contributed by atoms with Crippen LogP contribution in [0.5, 0.6) is 0 Å². The summed E-state index contributed by atoms with van der Waals surface area (Å²) < 4.78 is 38.0. The number of hydrogen-bond acceptors (Lipinski definition) is 2. The van der Waals surface area contributed by atoms with Crippen LogP contribution in [0.2, 0.25) is 10.0 Å². The van der Waals surface area contributed by atoms with Crippen LogP contribution >= 0.6 is 23.2 Å². The maximum atomic E-state index is 12.7. The fourth-order valence-electron chi connectivity index (χ4n) is 2.05. The molecule has 0 aliphatic heterocycles. The third kappa shape index (κ3) is 4.64. The second-order valence-corrected chi connectivity index (χ2v) is 5.82. The first kappa shape index (κ1) is 19.1. The van der Waals surface area contributed by atoms with Gasteiger partial charge >= 0.3 is 12.1 Å². The predicted octanol–water partition coefficient (Wildman–Crippen LogP) is 4.64. The highest BCUT2D eigenvalue weighted by Crippen LogP contribution is 2.29. The van der Waals surface area contributed by atoms with E-state index in [0.29, 0.717) is 0 Å². The number of carboxylic acid groups (broad SMARTS) is 1. The molecule has 2 N–H and O–H groups in total. The third-order valence-electron chi connectivity index (χ3n) is 3.23. The average molecular weight is 392 g/mol. The number of nitrogens with one attached hydrogen (secondary N) is 1. The second kappa shape index (κ2) is 7.33. The predicted molar refractivity (Wildman–Crippen MR) is 86.0 cm³/mol.